The van der Waals surface area contributed by atoms with E-state index in [0.29, 0.717) is 12.8 Å². The Balaban J connectivity index is 0.00000529. The van der Waals surface area contributed by atoms with Crippen molar-refractivity contribution in [2.75, 3.05) is 19.0 Å². The topological polar surface area (TPSA) is 125 Å². The minimum Gasteiger partial charge on any atom is -0.465 e. The maximum absolute atomic E-state index is 12.5. The van der Waals surface area contributed by atoms with Gasteiger partial charge in [-0.1, -0.05) is 13.8 Å². The molecule has 1 rings (SSSR count). The standard InChI is InChI=1S/C15H21N3O5.ClH/c1-4-15(5-2,9-16)14(20)17-11-6-10(13(19)23-3)7-12(8-11)18(21)22;/h6-8H,4-5,9,16H2,1-3H3,(H,17,20);1H. The van der Waals surface area contributed by atoms with Gasteiger partial charge in [0.05, 0.1) is 23.0 Å². The molecule has 0 aliphatic carbocycles. The summed E-state index contributed by atoms with van der Waals surface area (Å²) in [4.78, 5) is 34.4. The number of non-ortho nitro benzene ring substituents is 1. The van der Waals surface area contributed by atoms with Crippen LogP contribution in [0.4, 0.5) is 11.4 Å². The first-order chi connectivity index (χ1) is 10.8. The smallest absolute Gasteiger partial charge is 0.338 e. The molecule has 1 aromatic rings. The second-order valence-corrected chi connectivity index (χ2v) is 5.16. The molecule has 8 nitrogen and oxygen atoms in total. The SMILES string of the molecule is CCC(CC)(CN)C(=O)Nc1cc(C(=O)OC)cc([N+](=O)[O-])c1.Cl. The van der Waals surface area contributed by atoms with Gasteiger partial charge in [0.2, 0.25) is 5.91 Å². The average Bonchev–Trinajstić information content (AvgIpc) is 2.55. The quantitative estimate of drug-likeness (QED) is 0.437. The lowest BCUT2D eigenvalue weighted by Crippen LogP contribution is -2.41. The van der Waals surface area contributed by atoms with Crippen molar-refractivity contribution in [3.8, 4) is 0 Å². The number of nitro groups is 1. The lowest BCUT2D eigenvalue weighted by Gasteiger charge is -2.28. The molecule has 9 heteroatoms. The lowest BCUT2D eigenvalue weighted by molar-refractivity contribution is -0.384. The zero-order valence-electron chi connectivity index (χ0n) is 13.8. The molecule has 134 valence electrons. The van der Waals surface area contributed by atoms with Gasteiger partial charge in [0.15, 0.2) is 0 Å². The monoisotopic (exact) mass is 359 g/mol. The highest BCUT2D eigenvalue weighted by Crippen LogP contribution is 2.28. The van der Waals surface area contributed by atoms with E-state index in [1.807, 2.05) is 13.8 Å². The number of methoxy groups -OCH3 is 1. The number of carbonyl (C=O) groups excluding carboxylic acids is 2. The zero-order chi connectivity index (χ0) is 17.6. The summed E-state index contributed by atoms with van der Waals surface area (Å²) in [5.41, 5.74) is 4.80. The Morgan fingerprint density at radius 1 is 1.29 bits per heavy atom. The summed E-state index contributed by atoms with van der Waals surface area (Å²) < 4.78 is 4.57. The Kier molecular flexibility index (Phi) is 8.35. The molecule has 0 aromatic heterocycles. The highest BCUT2D eigenvalue weighted by molar-refractivity contribution is 5.98. The average molecular weight is 360 g/mol. The molecule has 0 aliphatic heterocycles. The zero-order valence-corrected chi connectivity index (χ0v) is 14.6. The van der Waals surface area contributed by atoms with Crippen molar-refractivity contribution in [2.24, 2.45) is 11.1 Å². The minimum atomic E-state index is -0.754. The van der Waals surface area contributed by atoms with Crippen LogP contribution in [-0.2, 0) is 9.53 Å². The van der Waals surface area contributed by atoms with Gasteiger partial charge in [-0.15, -0.1) is 12.4 Å². The summed E-state index contributed by atoms with van der Waals surface area (Å²) in [5.74, 6) is -1.05. The van der Waals surface area contributed by atoms with E-state index in [9.17, 15) is 19.7 Å². The van der Waals surface area contributed by atoms with Gasteiger partial charge in [-0.25, -0.2) is 4.79 Å². The van der Waals surface area contributed by atoms with Crippen LogP contribution in [0.25, 0.3) is 0 Å². The number of hydrogen-bond donors (Lipinski definition) is 2. The van der Waals surface area contributed by atoms with Gasteiger partial charge in [0.1, 0.15) is 0 Å². The molecule has 0 unspecified atom stereocenters. The van der Waals surface area contributed by atoms with Crippen LogP contribution >= 0.6 is 12.4 Å². The van der Waals surface area contributed by atoms with Crippen molar-refractivity contribution in [3.63, 3.8) is 0 Å². The lowest BCUT2D eigenvalue weighted by atomic mass is 9.81. The number of amides is 1. The number of rotatable bonds is 7. The normalized spacial score (nSPS) is 10.5. The Morgan fingerprint density at radius 3 is 2.29 bits per heavy atom. The molecule has 24 heavy (non-hydrogen) atoms. The predicted molar refractivity (Wildman–Crippen MR) is 92.4 cm³/mol. The number of benzene rings is 1. The highest BCUT2D eigenvalue weighted by atomic mass is 35.5. The molecular weight excluding hydrogens is 338 g/mol. The number of nitrogens with two attached hydrogens (primary N) is 1. The Morgan fingerprint density at radius 2 is 1.88 bits per heavy atom. The van der Waals surface area contributed by atoms with Crippen LogP contribution in [0.15, 0.2) is 18.2 Å². The first-order valence-electron chi connectivity index (χ1n) is 7.22. The van der Waals surface area contributed by atoms with E-state index in [1.54, 1.807) is 0 Å². The van der Waals surface area contributed by atoms with Crippen LogP contribution < -0.4 is 11.1 Å². The molecule has 0 saturated heterocycles. The van der Waals surface area contributed by atoms with Crippen LogP contribution in [0.3, 0.4) is 0 Å². The first-order valence-corrected chi connectivity index (χ1v) is 7.22. The van der Waals surface area contributed by atoms with Crippen molar-refractivity contribution in [1.82, 2.24) is 0 Å². The van der Waals surface area contributed by atoms with Crippen LogP contribution in [-0.4, -0.2) is 30.5 Å². The number of ether oxygens (including phenoxy) is 1. The van der Waals surface area contributed by atoms with E-state index in [1.165, 1.54) is 19.2 Å². The fraction of sp³-hybridized carbons (Fsp3) is 0.467. The fourth-order valence-corrected chi connectivity index (χ4v) is 2.24. The van der Waals surface area contributed by atoms with Crippen LogP contribution in [0.2, 0.25) is 0 Å². The molecule has 0 spiro atoms. The van der Waals surface area contributed by atoms with Gasteiger partial charge in [-0.2, -0.15) is 0 Å². The van der Waals surface area contributed by atoms with Crippen molar-refractivity contribution in [3.05, 3.63) is 33.9 Å². The highest BCUT2D eigenvalue weighted by Gasteiger charge is 2.33. The van der Waals surface area contributed by atoms with Gasteiger partial charge in [0, 0.05) is 24.4 Å². The van der Waals surface area contributed by atoms with Gasteiger partial charge in [-0.05, 0) is 18.9 Å². The van der Waals surface area contributed by atoms with E-state index in [4.69, 9.17) is 5.73 Å². The number of nitrogens with zero attached hydrogens (tertiary/aromatic N) is 1. The van der Waals surface area contributed by atoms with E-state index in [2.05, 4.69) is 10.1 Å². The first kappa shape index (κ1) is 21.8. The van der Waals surface area contributed by atoms with Crippen molar-refractivity contribution in [2.45, 2.75) is 26.7 Å². The second kappa shape index (κ2) is 9.19. The molecular formula is C15H22ClN3O5. The Bertz CT molecular complexity index is 609. The molecule has 0 heterocycles. The number of carbonyl (C=O) groups is 2. The molecule has 0 saturated carbocycles. The summed E-state index contributed by atoms with van der Waals surface area (Å²) in [5, 5.41) is 13.6. The third-order valence-electron chi connectivity index (χ3n) is 4.03. The largest absolute Gasteiger partial charge is 0.465 e. The number of nitro benzene ring substituents is 1. The van der Waals surface area contributed by atoms with E-state index >= 15 is 0 Å². The van der Waals surface area contributed by atoms with Crippen molar-refractivity contribution < 1.29 is 19.2 Å². The number of hydrogen-bond acceptors (Lipinski definition) is 6. The molecule has 3 N–H and O–H groups in total. The molecule has 0 aliphatic rings. The summed E-state index contributed by atoms with van der Waals surface area (Å²) in [6, 6.07) is 3.62. The maximum atomic E-state index is 12.5. The molecule has 0 radical (unpaired) electrons. The van der Waals surface area contributed by atoms with Crippen LogP contribution in [0, 0.1) is 15.5 Å². The minimum absolute atomic E-state index is 0. The van der Waals surface area contributed by atoms with Gasteiger partial charge in [-0.3, -0.25) is 14.9 Å². The van der Waals surface area contributed by atoms with Crippen molar-refractivity contribution in [1.29, 1.82) is 0 Å². The summed E-state index contributed by atoms with van der Waals surface area (Å²) in [6.07, 6.45) is 1.06. The Labute approximate surface area is 146 Å². The summed E-state index contributed by atoms with van der Waals surface area (Å²) in [6.45, 7) is 3.86. The molecule has 1 amide bonds. The maximum Gasteiger partial charge on any atom is 0.338 e. The summed E-state index contributed by atoms with van der Waals surface area (Å²) in [7, 11) is 1.17. The summed E-state index contributed by atoms with van der Waals surface area (Å²) >= 11 is 0. The molecule has 1 aromatic carbocycles. The fourth-order valence-electron chi connectivity index (χ4n) is 2.24. The van der Waals surface area contributed by atoms with E-state index < -0.39 is 16.3 Å². The predicted octanol–water partition coefficient (Wildman–Crippen LogP) is 2.51. The third kappa shape index (κ3) is 4.65. The van der Waals surface area contributed by atoms with Gasteiger partial charge < -0.3 is 15.8 Å². The number of nitrogens with one attached hydrogen (secondary N) is 1. The number of halogens is 1. The van der Waals surface area contributed by atoms with Crippen LogP contribution in [0.1, 0.15) is 37.0 Å². The Hall–Kier alpha value is -2.19. The second-order valence-electron chi connectivity index (χ2n) is 5.16. The van der Waals surface area contributed by atoms with Gasteiger partial charge in [0.25, 0.3) is 5.69 Å². The van der Waals surface area contributed by atoms with Crippen LogP contribution in [0.5, 0.6) is 0 Å². The van der Waals surface area contributed by atoms with E-state index in [0.717, 1.165) is 6.07 Å². The molecule has 0 atom stereocenters. The number of esters is 1. The van der Waals surface area contributed by atoms with Crippen molar-refractivity contribution >= 4 is 35.7 Å². The number of anilines is 1. The van der Waals surface area contributed by atoms with E-state index in [-0.39, 0.29) is 41.8 Å². The molecule has 0 bridgehead atoms. The van der Waals surface area contributed by atoms with Gasteiger partial charge >= 0.3 is 5.97 Å². The third-order valence-corrected chi connectivity index (χ3v) is 4.03. The molecule has 0 fully saturated rings.